The van der Waals surface area contributed by atoms with Gasteiger partial charge in [-0.05, 0) is 6.42 Å². The topological polar surface area (TPSA) is 9.23 Å². The highest BCUT2D eigenvalue weighted by Crippen LogP contribution is 1.99. The Morgan fingerprint density at radius 1 is 1.44 bits per heavy atom. The van der Waals surface area contributed by atoms with Gasteiger partial charge in [-0.15, -0.1) is 0 Å². The Morgan fingerprint density at radius 3 is 2.56 bits per heavy atom. The maximum absolute atomic E-state index is 5.24. The minimum absolute atomic E-state index is 0.836. The molecule has 0 bridgehead atoms. The van der Waals surface area contributed by atoms with Crippen molar-refractivity contribution < 1.29 is 4.74 Å². The summed E-state index contributed by atoms with van der Waals surface area (Å²) < 4.78 is 5.24. The van der Waals surface area contributed by atoms with Gasteiger partial charge in [0.2, 0.25) is 0 Å². The van der Waals surface area contributed by atoms with Crippen molar-refractivity contribution in [1.29, 1.82) is 0 Å². The van der Waals surface area contributed by atoms with Crippen LogP contribution in [-0.2, 0) is 4.74 Å². The molecule has 0 rings (SSSR count). The lowest BCUT2D eigenvalue weighted by Crippen LogP contribution is -1.91. The maximum atomic E-state index is 5.24. The summed E-state index contributed by atoms with van der Waals surface area (Å²) in [5.41, 5.74) is 0. The standard InChI is InChI=1S/C8H16O/c1-4-6-7-9-8(3)5-2/h3-7H2,1-2H3. The molecule has 54 valence electrons. The molecule has 0 radical (unpaired) electrons. The first-order chi connectivity index (χ1) is 4.31. The molecule has 0 aliphatic carbocycles. The van der Waals surface area contributed by atoms with E-state index in [-0.39, 0.29) is 0 Å². The average molecular weight is 128 g/mol. The zero-order chi connectivity index (χ0) is 7.11. The van der Waals surface area contributed by atoms with Crippen LogP contribution >= 0.6 is 0 Å². The lowest BCUT2D eigenvalue weighted by Gasteiger charge is -2.04. The van der Waals surface area contributed by atoms with Crippen LogP contribution in [0.3, 0.4) is 0 Å². The highest BCUT2D eigenvalue weighted by molar-refractivity contribution is 4.78. The van der Waals surface area contributed by atoms with Gasteiger partial charge in [-0.25, -0.2) is 0 Å². The molecule has 9 heavy (non-hydrogen) atoms. The molecule has 0 unspecified atom stereocenters. The van der Waals surface area contributed by atoms with Crippen LogP contribution in [0.2, 0.25) is 0 Å². The average Bonchev–Trinajstić information content (AvgIpc) is 1.89. The van der Waals surface area contributed by atoms with Gasteiger partial charge in [0.15, 0.2) is 0 Å². The third-order valence-corrected chi connectivity index (χ3v) is 1.20. The summed E-state index contributed by atoms with van der Waals surface area (Å²) in [5.74, 6) is 0.906. The van der Waals surface area contributed by atoms with E-state index in [1.54, 1.807) is 0 Å². The van der Waals surface area contributed by atoms with Gasteiger partial charge in [0.25, 0.3) is 0 Å². The smallest absolute Gasteiger partial charge is 0.0885 e. The number of hydrogen-bond donors (Lipinski definition) is 0. The fourth-order valence-electron chi connectivity index (χ4n) is 0.463. The van der Waals surface area contributed by atoms with Crippen LogP contribution in [-0.4, -0.2) is 6.61 Å². The largest absolute Gasteiger partial charge is 0.499 e. The van der Waals surface area contributed by atoms with E-state index in [1.165, 1.54) is 6.42 Å². The summed E-state index contributed by atoms with van der Waals surface area (Å²) in [5, 5.41) is 0. The zero-order valence-corrected chi connectivity index (χ0v) is 6.44. The Labute approximate surface area is 57.7 Å². The molecule has 0 aliphatic rings. The molecule has 0 aromatic rings. The summed E-state index contributed by atoms with van der Waals surface area (Å²) in [6, 6.07) is 0. The second-order valence-corrected chi connectivity index (χ2v) is 2.09. The molecule has 0 aromatic carbocycles. The van der Waals surface area contributed by atoms with Crippen molar-refractivity contribution in [3.63, 3.8) is 0 Å². The first-order valence-electron chi connectivity index (χ1n) is 3.61. The molecule has 0 amide bonds. The van der Waals surface area contributed by atoms with Crippen molar-refractivity contribution >= 4 is 0 Å². The van der Waals surface area contributed by atoms with E-state index in [9.17, 15) is 0 Å². The third kappa shape index (κ3) is 5.41. The SMILES string of the molecule is C=C(CC)OCCCC. The van der Waals surface area contributed by atoms with Gasteiger partial charge in [-0.3, -0.25) is 0 Å². The van der Waals surface area contributed by atoms with Crippen LogP contribution in [0, 0.1) is 0 Å². The van der Waals surface area contributed by atoms with Crippen LogP contribution < -0.4 is 0 Å². The van der Waals surface area contributed by atoms with Crippen molar-refractivity contribution in [1.82, 2.24) is 0 Å². The number of allylic oxidation sites excluding steroid dienone is 1. The first kappa shape index (κ1) is 8.54. The van der Waals surface area contributed by atoms with Crippen molar-refractivity contribution in [2.75, 3.05) is 6.61 Å². The van der Waals surface area contributed by atoms with Gasteiger partial charge in [0.05, 0.1) is 12.4 Å². The van der Waals surface area contributed by atoms with E-state index in [0.29, 0.717) is 0 Å². The molecule has 0 heterocycles. The fourth-order valence-corrected chi connectivity index (χ4v) is 0.463. The van der Waals surface area contributed by atoms with Crippen molar-refractivity contribution in [2.45, 2.75) is 33.1 Å². The zero-order valence-electron chi connectivity index (χ0n) is 6.44. The molecule has 1 nitrogen and oxygen atoms in total. The fraction of sp³-hybridized carbons (Fsp3) is 0.750. The number of unbranched alkanes of at least 4 members (excludes halogenated alkanes) is 1. The molecular weight excluding hydrogens is 112 g/mol. The van der Waals surface area contributed by atoms with E-state index >= 15 is 0 Å². The van der Waals surface area contributed by atoms with Crippen molar-refractivity contribution in [3.8, 4) is 0 Å². The monoisotopic (exact) mass is 128 g/mol. The Balaban J connectivity index is 2.97. The molecule has 0 atom stereocenters. The molecular formula is C8H16O. The van der Waals surface area contributed by atoms with Crippen LogP contribution in [0.4, 0.5) is 0 Å². The molecule has 0 saturated carbocycles. The Bertz CT molecular complexity index is 76.6. The van der Waals surface area contributed by atoms with Crippen molar-refractivity contribution in [2.24, 2.45) is 0 Å². The predicted molar refractivity (Wildman–Crippen MR) is 40.3 cm³/mol. The molecule has 1 heteroatoms. The summed E-state index contributed by atoms with van der Waals surface area (Å²) in [4.78, 5) is 0. The lowest BCUT2D eigenvalue weighted by molar-refractivity contribution is 0.201. The minimum Gasteiger partial charge on any atom is -0.499 e. The van der Waals surface area contributed by atoms with Gasteiger partial charge in [0, 0.05) is 6.42 Å². The molecule has 0 spiro atoms. The second kappa shape index (κ2) is 5.67. The van der Waals surface area contributed by atoms with Gasteiger partial charge >= 0.3 is 0 Å². The predicted octanol–water partition coefficient (Wildman–Crippen LogP) is 2.73. The molecule has 0 aliphatic heterocycles. The van der Waals surface area contributed by atoms with Gasteiger partial charge in [0.1, 0.15) is 0 Å². The molecule has 0 fully saturated rings. The highest BCUT2D eigenvalue weighted by Gasteiger charge is 1.87. The first-order valence-corrected chi connectivity index (χ1v) is 3.61. The van der Waals surface area contributed by atoms with Gasteiger partial charge < -0.3 is 4.74 Å². The van der Waals surface area contributed by atoms with Crippen molar-refractivity contribution in [3.05, 3.63) is 12.3 Å². The summed E-state index contributed by atoms with van der Waals surface area (Å²) in [7, 11) is 0. The summed E-state index contributed by atoms with van der Waals surface area (Å²) >= 11 is 0. The minimum atomic E-state index is 0.836. The van der Waals surface area contributed by atoms with E-state index in [4.69, 9.17) is 4.74 Å². The van der Waals surface area contributed by atoms with E-state index < -0.39 is 0 Å². The molecule has 0 N–H and O–H groups in total. The van der Waals surface area contributed by atoms with Gasteiger partial charge in [-0.1, -0.05) is 26.8 Å². The Morgan fingerprint density at radius 2 is 2.11 bits per heavy atom. The lowest BCUT2D eigenvalue weighted by atomic mass is 10.3. The Kier molecular flexibility index (Phi) is 5.38. The number of ether oxygens (including phenoxy) is 1. The van der Waals surface area contributed by atoms with Crippen LogP contribution in [0.15, 0.2) is 12.3 Å². The van der Waals surface area contributed by atoms with E-state index in [2.05, 4.69) is 13.5 Å². The highest BCUT2D eigenvalue weighted by atomic mass is 16.5. The molecule has 0 saturated heterocycles. The maximum Gasteiger partial charge on any atom is 0.0885 e. The Hall–Kier alpha value is -0.460. The summed E-state index contributed by atoms with van der Waals surface area (Å²) in [6.45, 7) is 8.76. The van der Waals surface area contributed by atoms with Gasteiger partial charge in [-0.2, -0.15) is 0 Å². The molecule has 0 aromatic heterocycles. The normalized spacial score (nSPS) is 9.11. The summed E-state index contributed by atoms with van der Waals surface area (Å²) in [6.07, 6.45) is 3.26. The van der Waals surface area contributed by atoms with Crippen LogP contribution in [0.5, 0.6) is 0 Å². The number of hydrogen-bond acceptors (Lipinski definition) is 1. The van der Waals surface area contributed by atoms with Crippen LogP contribution in [0.1, 0.15) is 33.1 Å². The van der Waals surface area contributed by atoms with E-state index in [1.807, 2.05) is 6.92 Å². The number of rotatable bonds is 5. The van der Waals surface area contributed by atoms with Crippen LogP contribution in [0.25, 0.3) is 0 Å². The second-order valence-electron chi connectivity index (χ2n) is 2.09. The third-order valence-electron chi connectivity index (χ3n) is 1.20. The quantitative estimate of drug-likeness (QED) is 0.408. The van der Waals surface area contributed by atoms with E-state index in [0.717, 1.165) is 25.2 Å².